The summed E-state index contributed by atoms with van der Waals surface area (Å²) in [4.78, 5) is 38.5. The molecule has 0 bridgehead atoms. The van der Waals surface area contributed by atoms with E-state index in [2.05, 4.69) is 0 Å². The van der Waals surface area contributed by atoms with E-state index in [0.717, 1.165) is 0 Å². The summed E-state index contributed by atoms with van der Waals surface area (Å²) in [5.41, 5.74) is 0.913. The summed E-state index contributed by atoms with van der Waals surface area (Å²) in [6.45, 7) is 8.76. The highest BCUT2D eigenvalue weighted by Gasteiger charge is 2.38. The smallest absolute Gasteiger partial charge is 0.329 e. The monoisotopic (exact) mass is 347 g/mol. The first-order chi connectivity index (χ1) is 11.8. The van der Waals surface area contributed by atoms with Gasteiger partial charge in [-0.25, -0.2) is 4.79 Å². The number of hydrogen-bond acceptors (Lipinski definition) is 5. The Morgan fingerprint density at radius 2 is 1.96 bits per heavy atom. The second-order valence-corrected chi connectivity index (χ2v) is 6.26. The topological polar surface area (TPSA) is 72.9 Å². The second kappa shape index (κ2) is 7.68. The number of carbonyl (C=O) groups excluding carboxylic acids is 3. The van der Waals surface area contributed by atoms with Crippen LogP contribution in [0.4, 0.5) is 5.69 Å². The fraction of sp³-hybridized carbons (Fsp3) is 0.526. The molecule has 0 N–H and O–H groups in total. The second-order valence-electron chi connectivity index (χ2n) is 6.26. The van der Waals surface area contributed by atoms with Gasteiger partial charge in [0, 0.05) is 12.0 Å². The molecule has 3 unspecified atom stereocenters. The molecule has 1 aromatic rings. The Morgan fingerprint density at radius 3 is 2.56 bits per heavy atom. The number of esters is 1. The normalized spacial score (nSPS) is 18.8. The zero-order valence-corrected chi connectivity index (χ0v) is 15.4. The van der Waals surface area contributed by atoms with Gasteiger partial charge in [0.25, 0.3) is 5.91 Å². The molecule has 25 heavy (non-hydrogen) atoms. The molecule has 136 valence electrons. The molecule has 1 aliphatic heterocycles. The van der Waals surface area contributed by atoms with Crippen LogP contribution in [-0.2, 0) is 14.3 Å². The Morgan fingerprint density at radius 1 is 1.28 bits per heavy atom. The molecule has 1 aliphatic rings. The lowest BCUT2D eigenvalue weighted by Crippen LogP contribution is -2.52. The number of Topliss-reactive ketones (excluding diaryl/α,β-unsaturated/α-hetero) is 1. The lowest BCUT2D eigenvalue weighted by Gasteiger charge is -2.36. The first-order valence-electron chi connectivity index (χ1n) is 8.67. The Balaban J connectivity index is 2.41. The van der Waals surface area contributed by atoms with Gasteiger partial charge in [-0.2, -0.15) is 0 Å². The van der Waals surface area contributed by atoms with Crippen molar-refractivity contribution >= 4 is 23.3 Å². The summed E-state index contributed by atoms with van der Waals surface area (Å²) >= 11 is 0. The molecule has 3 atom stereocenters. The van der Waals surface area contributed by atoms with Crippen LogP contribution in [0, 0.1) is 0 Å². The van der Waals surface area contributed by atoms with E-state index in [0.29, 0.717) is 29.8 Å². The number of hydrogen-bond donors (Lipinski definition) is 0. The molecular formula is C19H25NO5. The van der Waals surface area contributed by atoms with Crippen molar-refractivity contribution in [3.05, 3.63) is 23.8 Å². The zero-order chi connectivity index (χ0) is 18.7. The number of benzene rings is 1. The molecular weight excluding hydrogens is 322 g/mol. The lowest BCUT2D eigenvalue weighted by molar-refractivity contribution is -0.151. The predicted molar refractivity (Wildman–Crippen MR) is 93.9 cm³/mol. The zero-order valence-electron chi connectivity index (χ0n) is 15.4. The predicted octanol–water partition coefficient (Wildman–Crippen LogP) is 3.12. The minimum atomic E-state index is -0.807. The third-order valence-electron chi connectivity index (χ3n) is 4.37. The molecule has 2 rings (SSSR count). The van der Waals surface area contributed by atoms with E-state index in [1.165, 1.54) is 4.90 Å². The molecule has 0 saturated heterocycles. The van der Waals surface area contributed by atoms with Crippen LogP contribution < -0.4 is 9.64 Å². The van der Waals surface area contributed by atoms with Crippen molar-refractivity contribution in [1.29, 1.82) is 0 Å². The van der Waals surface area contributed by atoms with E-state index < -0.39 is 18.1 Å². The number of nitrogens with zero attached hydrogens (tertiary/aromatic N) is 1. The van der Waals surface area contributed by atoms with Gasteiger partial charge in [-0.05, 0) is 45.4 Å². The van der Waals surface area contributed by atoms with Crippen molar-refractivity contribution in [3.63, 3.8) is 0 Å². The van der Waals surface area contributed by atoms with Crippen LogP contribution in [0.5, 0.6) is 5.75 Å². The van der Waals surface area contributed by atoms with Crippen LogP contribution in [0.1, 0.15) is 57.8 Å². The van der Waals surface area contributed by atoms with E-state index in [4.69, 9.17) is 9.47 Å². The molecule has 6 nitrogen and oxygen atoms in total. The summed E-state index contributed by atoms with van der Waals surface area (Å²) < 4.78 is 11.0. The minimum Gasteiger partial charge on any atom is -0.479 e. The van der Waals surface area contributed by atoms with E-state index >= 15 is 0 Å². The van der Waals surface area contributed by atoms with Gasteiger partial charge in [-0.1, -0.05) is 13.8 Å². The summed E-state index contributed by atoms with van der Waals surface area (Å²) in [5, 5.41) is 0. The number of fused-ring (bicyclic) bond motifs is 1. The van der Waals surface area contributed by atoms with Crippen LogP contribution in [0.2, 0.25) is 0 Å². The molecule has 0 aliphatic carbocycles. The number of rotatable bonds is 6. The van der Waals surface area contributed by atoms with Gasteiger partial charge in [0.1, 0.15) is 11.8 Å². The van der Waals surface area contributed by atoms with Crippen molar-refractivity contribution in [2.45, 2.75) is 65.7 Å². The van der Waals surface area contributed by atoms with Gasteiger partial charge in [0.15, 0.2) is 11.9 Å². The largest absolute Gasteiger partial charge is 0.479 e. The van der Waals surface area contributed by atoms with Crippen molar-refractivity contribution in [2.24, 2.45) is 0 Å². The molecule has 0 aromatic heterocycles. The van der Waals surface area contributed by atoms with Gasteiger partial charge in [-0.3, -0.25) is 14.5 Å². The minimum absolute atomic E-state index is 0.0383. The molecule has 6 heteroatoms. The number of amides is 1. The van der Waals surface area contributed by atoms with E-state index in [9.17, 15) is 14.4 Å². The Labute approximate surface area is 148 Å². The van der Waals surface area contributed by atoms with E-state index in [1.54, 1.807) is 45.9 Å². The molecule has 0 spiro atoms. The highest BCUT2D eigenvalue weighted by atomic mass is 16.5. The van der Waals surface area contributed by atoms with Gasteiger partial charge >= 0.3 is 5.97 Å². The maximum atomic E-state index is 12.6. The first kappa shape index (κ1) is 19.0. The standard InChI is InChI=1S/C19H25NO5/c1-6-11(3)24-19(23)12(4)20-15-10-14(16(21)7-2)8-9-17(15)25-13(5)18(20)22/h8-13H,6-7H2,1-5H3. The SMILES string of the molecule is CCC(=O)c1ccc2c(c1)N(C(C)C(=O)OC(C)CC)C(=O)C(C)O2. The average molecular weight is 347 g/mol. The van der Waals surface area contributed by atoms with Crippen LogP contribution >= 0.6 is 0 Å². The van der Waals surface area contributed by atoms with Gasteiger partial charge in [0.2, 0.25) is 0 Å². The molecule has 1 heterocycles. The van der Waals surface area contributed by atoms with Gasteiger partial charge < -0.3 is 9.47 Å². The summed E-state index contributed by atoms with van der Waals surface area (Å²) in [6, 6.07) is 4.14. The number of ether oxygens (including phenoxy) is 2. The van der Waals surface area contributed by atoms with Crippen LogP contribution in [0.15, 0.2) is 18.2 Å². The first-order valence-corrected chi connectivity index (χ1v) is 8.67. The van der Waals surface area contributed by atoms with Crippen LogP contribution in [0.3, 0.4) is 0 Å². The van der Waals surface area contributed by atoms with Gasteiger partial charge in [0.05, 0.1) is 11.8 Å². The average Bonchev–Trinajstić information content (AvgIpc) is 2.61. The fourth-order valence-electron chi connectivity index (χ4n) is 2.62. The maximum absolute atomic E-state index is 12.6. The Kier molecular flexibility index (Phi) is 5.82. The molecule has 1 amide bonds. The molecule has 0 radical (unpaired) electrons. The maximum Gasteiger partial charge on any atom is 0.329 e. The molecule has 0 fully saturated rings. The number of carbonyl (C=O) groups is 3. The van der Waals surface area contributed by atoms with Crippen LogP contribution in [0.25, 0.3) is 0 Å². The number of anilines is 1. The quantitative estimate of drug-likeness (QED) is 0.584. The van der Waals surface area contributed by atoms with Crippen molar-refractivity contribution < 1.29 is 23.9 Å². The summed E-state index contributed by atoms with van der Waals surface area (Å²) in [6.07, 6.45) is 0.114. The van der Waals surface area contributed by atoms with E-state index in [-0.39, 0.29) is 17.8 Å². The highest BCUT2D eigenvalue weighted by molar-refractivity contribution is 6.06. The van der Waals surface area contributed by atoms with Gasteiger partial charge in [-0.15, -0.1) is 0 Å². The van der Waals surface area contributed by atoms with E-state index in [1.807, 2.05) is 6.92 Å². The van der Waals surface area contributed by atoms with Crippen molar-refractivity contribution in [1.82, 2.24) is 0 Å². The molecule has 0 saturated carbocycles. The fourth-order valence-corrected chi connectivity index (χ4v) is 2.62. The Bertz CT molecular complexity index is 684. The van der Waals surface area contributed by atoms with Crippen molar-refractivity contribution in [2.75, 3.05) is 4.90 Å². The third-order valence-corrected chi connectivity index (χ3v) is 4.37. The molecule has 1 aromatic carbocycles. The lowest BCUT2D eigenvalue weighted by atomic mass is 10.0. The van der Waals surface area contributed by atoms with Crippen LogP contribution in [-0.4, -0.2) is 35.9 Å². The summed E-state index contributed by atoms with van der Waals surface area (Å²) in [5.74, 6) is -0.372. The Hall–Kier alpha value is -2.37. The third kappa shape index (κ3) is 3.83. The van der Waals surface area contributed by atoms with Crippen molar-refractivity contribution in [3.8, 4) is 5.75 Å². The summed E-state index contributed by atoms with van der Waals surface area (Å²) in [7, 11) is 0. The number of ketones is 1. The highest BCUT2D eigenvalue weighted by Crippen LogP contribution is 2.36.